The molecule has 0 aliphatic heterocycles. The summed E-state index contributed by atoms with van der Waals surface area (Å²) < 4.78 is 0. The number of hydrogen-bond donors (Lipinski definition) is 2. The Labute approximate surface area is 110 Å². The lowest BCUT2D eigenvalue weighted by molar-refractivity contribution is 0.102. The molecule has 3 aromatic heterocycles. The monoisotopic (exact) mass is 279 g/mol. The number of imidazole rings is 1. The normalized spacial score (nSPS) is 10.7. The Morgan fingerprint density at radius 2 is 2.33 bits per heavy atom. The molecule has 2 N–H and O–H groups in total. The summed E-state index contributed by atoms with van der Waals surface area (Å²) >= 11 is 7.38. The lowest BCUT2D eigenvalue weighted by Gasteiger charge is -2.02. The van der Waals surface area contributed by atoms with Crippen LogP contribution in [0.4, 0.5) is 5.95 Å². The van der Waals surface area contributed by atoms with E-state index in [1.54, 1.807) is 11.4 Å². The zero-order valence-corrected chi connectivity index (χ0v) is 10.4. The van der Waals surface area contributed by atoms with Gasteiger partial charge >= 0.3 is 0 Å². The first-order chi connectivity index (χ1) is 8.74. The Hall–Kier alpha value is -1.99. The van der Waals surface area contributed by atoms with Gasteiger partial charge in [0.15, 0.2) is 10.8 Å². The summed E-state index contributed by atoms with van der Waals surface area (Å²) in [7, 11) is 0. The molecule has 18 heavy (non-hydrogen) atoms. The van der Waals surface area contributed by atoms with Crippen LogP contribution in [0.15, 0.2) is 23.2 Å². The van der Waals surface area contributed by atoms with Crippen molar-refractivity contribution in [1.29, 1.82) is 0 Å². The third-order valence-corrected chi connectivity index (χ3v) is 3.21. The van der Waals surface area contributed by atoms with E-state index in [1.165, 1.54) is 17.7 Å². The van der Waals surface area contributed by atoms with Crippen molar-refractivity contribution in [3.05, 3.63) is 33.9 Å². The predicted octanol–water partition coefficient (Wildman–Crippen LogP) is 2.32. The van der Waals surface area contributed by atoms with Crippen molar-refractivity contribution in [2.75, 3.05) is 5.32 Å². The molecule has 0 unspecified atom stereocenters. The van der Waals surface area contributed by atoms with Gasteiger partial charge in [-0.2, -0.15) is 21.3 Å². The minimum atomic E-state index is -0.276. The standard InChI is InChI=1S/C10H6ClN5OS/c11-7-6-8(13-4-12-6)15-10(14-7)16-9(17)5-1-2-18-3-5/h1-4H,(H2,12,13,14,15,16,17). The molecule has 0 fully saturated rings. The first kappa shape index (κ1) is 11.1. The molecular formula is C10H6ClN5OS. The second-order valence-electron chi connectivity index (χ2n) is 3.41. The smallest absolute Gasteiger partial charge is 0.258 e. The lowest BCUT2D eigenvalue weighted by atomic mass is 10.3. The molecule has 3 rings (SSSR count). The van der Waals surface area contributed by atoms with E-state index < -0.39 is 0 Å². The number of carbonyl (C=O) groups excluding carboxylic acids is 1. The van der Waals surface area contributed by atoms with Gasteiger partial charge in [0.25, 0.3) is 5.91 Å². The quantitative estimate of drug-likeness (QED) is 0.705. The largest absolute Gasteiger partial charge is 0.341 e. The zero-order chi connectivity index (χ0) is 12.5. The van der Waals surface area contributed by atoms with Gasteiger partial charge in [-0.15, -0.1) is 0 Å². The van der Waals surface area contributed by atoms with E-state index in [2.05, 4.69) is 25.3 Å². The second kappa shape index (κ2) is 4.35. The van der Waals surface area contributed by atoms with Crippen LogP contribution in [0.1, 0.15) is 10.4 Å². The van der Waals surface area contributed by atoms with Crippen molar-refractivity contribution in [3.63, 3.8) is 0 Å². The number of H-pyrrole nitrogens is 1. The van der Waals surface area contributed by atoms with Gasteiger partial charge < -0.3 is 4.98 Å². The molecular weight excluding hydrogens is 274 g/mol. The molecule has 1 amide bonds. The number of aromatic nitrogens is 4. The third kappa shape index (κ3) is 1.93. The molecule has 0 radical (unpaired) electrons. The van der Waals surface area contributed by atoms with E-state index in [0.717, 1.165) is 0 Å². The summed E-state index contributed by atoms with van der Waals surface area (Å²) in [5.41, 5.74) is 1.52. The molecule has 0 saturated carbocycles. The van der Waals surface area contributed by atoms with Crippen LogP contribution in [0.3, 0.4) is 0 Å². The number of thiophene rings is 1. The first-order valence-corrected chi connectivity index (χ1v) is 6.26. The van der Waals surface area contributed by atoms with E-state index in [9.17, 15) is 4.79 Å². The minimum Gasteiger partial charge on any atom is -0.341 e. The van der Waals surface area contributed by atoms with Gasteiger partial charge in [0, 0.05) is 5.38 Å². The molecule has 0 bridgehead atoms. The van der Waals surface area contributed by atoms with Crippen LogP contribution >= 0.6 is 22.9 Å². The molecule has 3 heterocycles. The van der Waals surface area contributed by atoms with Crippen LogP contribution in [0.2, 0.25) is 5.15 Å². The average Bonchev–Trinajstić information content (AvgIpc) is 2.99. The summed E-state index contributed by atoms with van der Waals surface area (Å²) in [6.07, 6.45) is 1.47. The van der Waals surface area contributed by atoms with Gasteiger partial charge in [-0.1, -0.05) is 11.6 Å². The number of nitrogens with one attached hydrogen (secondary N) is 2. The van der Waals surface area contributed by atoms with Crippen LogP contribution in [0, 0.1) is 0 Å². The molecule has 0 atom stereocenters. The van der Waals surface area contributed by atoms with Gasteiger partial charge in [-0.25, -0.2) is 4.98 Å². The molecule has 90 valence electrons. The Kier molecular flexibility index (Phi) is 2.69. The Bertz CT molecular complexity index is 708. The summed E-state index contributed by atoms with van der Waals surface area (Å²) in [6, 6.07) is 1.72. The van der Waals surface area contributed by atoms with Crippen LogP contribution in [-0.4, -0.2) is 25.8 Å². The zero-order valence-electron chi connectivity index (χ0n) is 8.85. The van der Waals surface area contributed by atoms with Crippen molar-refractivity contribution in [2.45, 2.75) is 0 Å². The topological polar surface area (TPSA) is 83.6 Å². The summed E-state index contributed by atoms with van der Waals surface area (Å²) in [6.45, 7) is 0. The van der Waals surface area contributed by atoms with E-state index in [4.69, 9.17) is 11.6 Å². The highest BCUT2D eigenvalue weighted by Crippen LogP contribution is 2.18. The number of hydrogen-bond acceptors (Lipinski definition) is 5. The van der Waals surface area contributed by atoms with Gasteiger partial charge in [0.2, 0.25) is 5.95 Å². The van der Waals surface area contributed by atoms with Crippen molar-refractivity contribution < 1.29 is 4.79 Å². The van der Waals surface area contributed by atoms with Crippen molar-refractivity contribution in [2.24, 2.45) is 0 Å². The summed E-state index contributed by atoms with van der Waals surface area (Å²) in [4.78, 5) is 26.6. The highest BCUT2D eigenvalue weighted by molar-refractivity contribution is 7.08. The molecule has 8 heteroatoms. The molecule has 0 spiro atoms. The van der Waals surface area contributed by atoms with Crippen LogP contribution in [0.25, 0.3) is 11.2 Å². The highest BCUT2D eigenvalue weighted by Gasteiger charge is 2.12. The fourth-order valence-electron chi connectivity index (χ4n) is 1.42. The number of nitrogens with zero attached hydrogens (tertiary/aromatic N) is 3. The fraction of sp³-hybridized carbons (Fsp3) is 0. The average molecular weight is 280 g/mol. The van der Waals surface area contributed by atoms with Gasteiger partial charge in [-0.3, -0.25) is 10.1 Å². The second-order valence-corrected chi connectivity index (χ2v) is 4.54. The lowest BCUT2D eigenvalue weighted by Crippen LogP contribution is -2.13. The van der Waals surface area contributed by atoms with Crippen LogP contribution in [-0.2, 0) is 0 Å². The third-order valence-electron chi connectivity index (χ3n) is 2.25. The SMILES string of the molecule is O=C(Nc1nc(Cl)c2[nH]cnc2n1)c1ccsc1. The highest BCUT2D eigenvalue weighted by atomic mass is 35.5. The van der Waals surface area contributed by atoms with Crippen LogP contribution < -0.4 is 5.32 Å². The van der Waals surface area contributed by atoms with Gasteiger partial charge in [0.1, 0.15) is 5.52 Å². The Morgan fingerprint density at radius 1 is 1.44 bits per heavy atom. The molecule has 0 aliphatic rings. The molecule has 3 aromatic rings. The Balaban J connectivity index is 1.93. The minimum absolute atomic E-state index is 0.135. The van der Waals surface area contributed by atoms with Crippen molar-refractivity contribution >= 4 is 46.0 Å². The number of anilines is 1. The number of fused-ring (bicyclic) bond motifs is 1. The summed E-state index contributed by atoms with van der Waals surface area (Å²) in [5, 5.41) is 6.35. The van der Waals surface area contributed by atoms with E-state index in [1.807, 2.05) is 5.38 Å². The fourth-order valence-corrected chi connectivity index (χ4v) is 2.28. The van der Waals surface area contributed by atoms with Gasteiger partial charge in [0.05, 0.1) is 11.9 Å². The van der Waals surface area contributed by atoms with E-state index in [0.29, 0.717) is 16.7 Å². The predicted molar refractivity (Wildman–Crippen MR) is 69.0 cm³/mol. The molecule has 0 aromatic carbocycles. The maximum Gasteiger partial charge on any atom is 0.258 e. The molecule has 6 nitrogen and oxygen atoms in total. The van der Waals surface area contributed by atoms with E-state index >= 15 is 0 Å². The number of rotatable bonds is 2. The van der Waals surface area contributed by atoms with Gasteiger partial charge in [-0.05, 0) is 11.4 Å². The van der Waals surface area contributed by atoms with Crippen LogP contribution in [0.5, 0.6) is 0 Å². The maximum absolute atomic E-state index is 11.8. The number of carbonyl (C=O) groups is 1. The summed E-state index contributed by atoms with van der Waals surface area (Å²) in [5.74, 6) is -0.141. The van der Waals surface area contributed by atoms with E-state index in [-0.39, 0.29) is 17.0 Å². The maximum atomic E-state index is 11.8. The number of amides is 1. The number of aromatic amines is 1. The molecule has 0 saturated heterocycles. The first-order valence-electron chi connectivity index (χ1n) is 4.94. The Morgan fingerprint density at radius 3 is 3.11 bits per heavy atom. The van der Waals surface area contributed by atoms with Crippen molar-refractivity contribution in [3.8, 4) is 0 Å². The number of halogens is 1. The molecule has 0 aliphatic carbocycles. The van der Waals surface area contributed by atoms with Crippen molar-refractivity contribution in [1.82, 2.24) is 19.9 Å².